The number of nitrogens with one attached hydrogen (secondary N) is 1. The first-order chi connectivity index (χ1) is 15.7. The molecule has 33 heavy (non-hydrogen) atoms. The van der Waals surface area contributed by atoms with Crippen LogP contribution < -0.4 is 5.32 Å². The number of piperazine rings is 1. The predicted molar refractivity (Wildman–Crippen MR) is 128 cm³/mol. The topological polar surface area (TPSA) is 86.8 Å². The van der Waals surface area contributed by atoms with Crippen molar-refractivity contribution < 1.29 is 18.0 Å². The van der Waals surface area contributed by atoms with E-state index in [4.69, 9.17) is 0 Å². The fourth-order valence-corrected chi connectivity index (χ4v) is 5.29. The Labute approximate surface area is 196 Å². The molecule has 1 heterocycles. The molecule has 0 saturated carbocycles. The summed E-state index contributed by atoms with van der Waals surface area (Å²) in [6, 6.07) is 15.6. The van der Waals surface area contributed by atoms with Crippen molar-refractivity contribution in [3.63, 3.8) is 0 Å². The normalized spacial score (nSPS) is 16.8. The van der Waals surface area contributed by atoms with E-state index in [2.05, 4.69) is 19.2 Å². The standard InChI is InChI=1S/C25H33N3O4S/c1-4-19(2)21-10-12-23(13-11-21)33(31,32)28-16-14-27(15-17-28)24(29)18-20(3)26-25(30)22-8-6-5-7-9-22/h5-13,19-20H,4,14-18H2,1-3H3,(H,26,30). The van der Waals surface area contributed by atoms with Crippen LogP contribution in [-0.2, 0) is 14.8 Å². The van der Waals surface area contributed by atoms with Crippen molar-refractivity contribution in [3.8, 4) is 0 Å². The molecule has 3 rings (SSSR count). The molecule has 7 nitrogen and oxygen atoms in total. The lowest BCUT2D eigenvalue weighted by atomic mass is 9.99. The molecule has 2 atom stereocenters. The number of carbonyl (C=O) groups is 2. The zero-order valence-electron chi connectivity index (χ0n) is 19.5. The molecule has 0 bridgehead atoms. The molecule has 1 aliphatic rings. The maximum Gasteiger partial charge on any atom is 0.251 e. The SMILES string of the molecule is CCC(C)c1ccc(S(=O)(=O)N2CCN(C(=O)CC(C)NC(=O)c3ccccc3)CC2)cc1. The Morgan fingerprint density at radius 1 is 0.939 bits per heavy atom. The molecule has 2 aromatic rings. The minimum absolute atomic E-state index is 0.0918. The Balaban J connectivity index is 1.52. The van der Waals surface area contributed by atoms with E-state index in [0.717, 1.165) is 12.0 Å². The summed E-state index contributed by atoms with van der Waals surface area (Å²) in [5, 5.41) is 2.84. The van der Waals surface area contributed by atoms with Crippen LogP contribution in [-0.4, -0.2) is 61.7 Å². The predicted octanol–water partition coefficient (Wildman–Crippen LogP) is 3.24. The van der Waals surface area contributed by atoms with Crippen molar-refractivity contribution in [1.29, 1.82) is 0 Å². The minimum Gasteiger partial charge on any atom is -0.349 e. The van der Waals surface area contributed by atoms with Crippen LogP contribution in [0.3, 0.4) is 0 Å². The van der Waals surface area contributed by atoms with Gasteiger partial charge in [-0.2, -0.15) is 4.31 Å². The van der Waals surface area contributed by atoms with E-state index < -0.39 is 10.0 Å². The third kappa shape index (κ3) is 6.21. The quantitative estimate of drug-likeness (QED) is 0.640. The van der Waals surface area contributed by atoms with Gasteiger partial charge in [0.1, 0.15) is 0 Å². The van der Waals surface area contributed by atoms with Crippen LogP contribution in [0.2, 0.25) is 0 Å². The number of rotatable bonds is 8. The van der Waals surface area contributed by atoms with Crippen LogP contribution in [0, 0.1) is 0 Å². The van der Waals surface area contributed by atoms with Gasteiger partial charge in [0.15, 0.2) is 0 Å². The second-order valence-electron chi connectivity index (χ2n) is 8.61. The maximum atomic E-state index is 13.0. The van der Waals surface area contributed by atoms with Gasteiger partial charge in [-0.1, -0.05) is 44.2 Å². The van der Waals surface area contributed by atoms with E-state index >= 15 is 0 Å². The minimum atomic E-state index is -3.59. The van der Waals surface area contributed by atoms with Gasteiger partial charge < -0.3 is 10.2 Å². The maximum absolute atomic E-state index is 13.0. The molecule has 178 valence electrons. The fraction of sp³-hybridized carbons (Fsp3) is 0.440. The molecule has 1 aliphatic heterocycles. The molecule has 2 amide bonds. The molecule has 0 aromatic heterocycles. The highest BCUT2D eigenvalue weighted by molar-refractivity contribution is 7.89. The molecule has 0 radical (unpaired) electrons. The van der Waals surface area contributed by atoms with Crippen LogP contribution in [0.5, 0.6) is 0 Å². The fourth-order valence-electron chi connectivity index (χ4n) is 3.87. The van der Waals surface area contributed by atoms with Gasteiger partial charge in [0.25, 0.3) is 5.91 Å². The van der Waals surface area contributed by atoms with Gasteiger partial charge in [0, 0.05) is 44.2 Å². The van der Waals surface area contributed by atoms with E-state index in [1.54, 1.807) is 48.2 Å². The highest BCUT2D eigenvalue weighted by Gasteiger charge is 2.30. The summed E-state index contributed by atoms with van der Waals surface area (Å²) in [4.78, 5) is 26.9. The van der Waals surface area contributed by atoms with E-state index in [1.165, 1.54) is 4.31 Å². The van der Waals surface area contributed by atoms with Crippen molar-refractivity contribution in [2.24, 2.45) is 0 Å². The van der Waals surface area contributed by atoms with Crippen molar-refractivity contribution in [1.82, 2.24) is 14.5 Å². The molecular formula is C25H33N3O4S. The molecule has 8 heteroatoms. The van der Waals surface area contributed by atoms with Gasteiger partial charge in [-0.15, -0.1) is 0 Å². The number of sulfonamides is 1. The van der Waals surface area contributed by atoms with Gasteiger partial charge in [0.05, 0.1) is 4.90 Å². The first kappa shape index (κ1) is 24.9. The van der Waals surface area contributed by atoms with Crippen molar-refractivity contribution >= 4 is 21.8 Å². The molecule has 0 aliphatic carbocycles. The first-order valence-corrected chi connectivity index (χ1v) is 12.9. The van der Waals surface area contributed by atoms with E-state index in [9.17, 15) is 18.0 Å². The Morgan fingerprint density at radius 2 is 1.55 bits per heavy atom. The van der Waals surface area contributed by atoms with Crippen LogP contribution in [0.4, 0.5) is 0 Å². The molecule has 1 saturated heterocycles. The number of hydrogen-bond donors (Lipinski definition) is 1. The molecule has 1 N–H and O–H groups in total. The lowest BCUT2D eigenvalue weighted by Crippen LogP contribution is -2.51. The van der Waals surface area contributed by atoms with E-state index in [0.29, 0.717) is 24.6 Å². The van der Waals surface area contributed by atoms with Crippen molar-refractivity contribution in [3.05, 3.63) is 65.7 Å². The second kappa shape index (κ2) is 10.9. The largest absolute Gasteiger partial charge is 0.349 e. The van der Waals surface area contributed by atoms with Crippen LogP contribution >= 0.6 is 0 Å². The Bertz CT molecular complexity index is 1050. The summed E-state index contributed by atoms with van der Waals surface area (Å²) in [5.74, 6) is 0.0770. The van der Waals surface area contributed by atoms with E-state index in [1.807, 2.05) is 18.2 Å². The third-order valence-electron chi connectivity index (χ3n) is 6.18. The highest BCUT2D eigenvalue weighted by Crippen LogP contribution is 2.23. The van der Waals surface area contributed by atoms with Gasteiger partial charge >= 0.3 is 0 Å². The Kier molecular flexibility index (Phi) is 8.26. The van der Waals surface area contributed by atoms with Gasteiger partial charge in [0.2, 0.25) is 15.9 Å². The Hall–Kier alpha value is -2.71. The van der Waals surface area contributed by atoms with Gasteiger partial charge in [-0.05, 0) is 49.1 Å². The molecule has 1 fully saturated rings. The van der Waals surface area contributed by atoms with Crippen molar-refractivity contribution in [2.75, 3.05) is 26.2 Å². The Morgan fingerprint density at radius 3 is 2.12 bits per heavy atom. The van der Waals surface area contributed by atoms with Gasteiger partial charge in [-0.3, -0.25) is 9.59 Å². The summed E-state index contributed by atoms with van der Waals surface area (Å²) in [5.41, 5.74) is 1.67. The highest BCUT2D eigenvalue weighted by atomic mass is 32.2. The zero-order valence-corrected chi connectivity index (χ0v) is 20.3. The third-order valence-corrected chi connectivity index (χ3v) is 8.10. The number of carbonyl (C=O) groups excluding carboxylic acids is 2. The average Bonchev–Trinajstić information content (AvgIpc) is 2.84. The number of benzene rings is 2. The summed E-state index contributed by atoms with van der Waals surface area (Å²) in [7, 11) is -3.59. The van der Waals surface area contributed by atoms with Crippen LogP contribution in [0.1, 0.15) is 55.5 Å². The first-order valence-electron chi connectivity index (χ1n) is 11.5. The molecule has 0 spiro atoms. The smallest absolute Gasteiger partial charge is 0.251 e. The lowest BCUT2D eigenvalue weighted by molar-refractivity contribution is -0.132. The molecule has 2 unspecified atom stereocenters. The summed E-state index contributed by atoms with van der Waals surface area (Å²) < 4.78 is 27.5. The second-order valence-corrected chi connectivity index (χ2v) is 10.5. The number of nitrogens with zero attached hydrogens (tertiary/aromatic N) is 2. The van der Waals surface area contributed by atoms with E-state index in [-0.39, 0.29) is 42.3 Å². The zero-order chi connectivity index (χ0) is 24.0. The summed E-state index contributed by atoms with van der Waals surface area (Å²) in [6.45, 7) is 7.20. The van der Waals surface area contributed by atoms with Crippen LogP contribution in [0.15, 0.2) is 59.5 Å². The monoisotopic (exact) mass is 471 g/mol. The summed E-state index contributed by atoms with van der Waals surface area (Å²) >= 11 is 0. The summed E-state index contributed by atoms with van der Waals surface area (Å²) in [6.07, 6.45) is 1.17. The van der Waals surface area contributed by atoms with Gasteiger partial charge in [-0.25, -0.2) is 8.42 Å². The lowest BCUT2D eigenvalue weighted by Gasteiger charge is -2.34. The van der Waals surface area contributed by atoms with Crippen LogP contribution in [0.25, 0.3) is 0 Å². The van der Waals surface area contributed by atoms with Crippen molar-refractivity contribution in [2.45, 2.75) is 50.5 Å². The number of amides is 2. The molecular weight excluding hydrogens is 438 g/mol. The average molecular weight is 472 g/mol. The number of hydrogen-bond acceptors (Lipinski definition) is 4. The molecule has 2 aromatic carbocycles.